The van der Waals surface area contributed by atoms with Gasteiger partial charge >= 0.3 is 0 Å². The topological polar surface area (TPSA) is 32.7 Å². The normalized spacial score (nSPS) is 20.0. The second-order valence-electron chi connectivity index (χ2n) is 7.48. The van der Waals surface area contributed by atoms with Crippen LogP contribution in [-0.2, 0) is 4.84 Å². The first kappa shape index (κ1) is 18.1. The molecular weight excluding hydrogens is 317 g/mol. The average molecular weight is 343 g/mol. The smallest absolute Gasteiger partial charge is 0.123 e. The first-order valence-electron chi connectivity index (χ1n) is 8.83. The van der Waals surface area contributed by atoms with Crippen LogP contribution in [-0.4, -0.2) is 28.4 Å². The summed E-state index contributed by atoms with van der Waals surface area (Å²) in [5.41, 5.74) is 2.54. The fourth-order valence-corrected chi connectivity index (χ4v) is 3.31. The Labute approximate surface area is 149 Å². The van der Waals surface area contributed by atoms with Crippen molar-refractivity contribution in [3.8, 4) is 11.1 Å². The average Bonchev–Trinajstić information content (AvgIpc) is 3.01. The van der Waals surface area contributed by atoms with Gasteiger partial charge in [0, 0.05) is 13.0 Å². The van der Waals surface area contributed by atoms with Gasteiger partial charge in [0.15, 0.2) is 0 Å². The van der Waals surface area contributed by atoms with Crippen LogP contribution in [0.2, 0.25) is 0 Å². The summed E-state index contributed by atoms with van der Waals surface area (Å²) < 4.78 is 13.0. The van der Waals surface area contributed by atoms with E-state index in [4.69, 9.17) is 4.84 Å². The van der Waals surface area contributed by atoms with Gasteiger partial charge in [0.25, 0.3) is 0 Å². The molecule has 25 heavy (non-hydrogen) atoms. The molecule has 0 saturated carbocycles. The predicted molar refractivity (Wildman–Crippen MR) is 97.4 cm³/mol. The third-order valence-electron chi connectivity index (χ3n) is 4.69. The van der Waals surface area contributed by atoms with Crippen molar-refractivity contribution in [1.82, 2.24) is 5.06 Å². The summed E-state index contributed by atoms with van der Waals surface area (Å²) in [6.07, 6.45) is 1.64. The molecule has 1 N–H and O–H groups in total. The second-order valence-corrected chi connectivity index (χ2v) is 7.48. The molecule has 1 fully saturated rings. The Hall–Kier alpha value is -1.75. The Morgan fingerprint density at radius 3 is 2.24 bits per heavy atom. The van der Waals surface area contributed by atoms with Crippen molar-refractivity contribution in [3.05, 3.63) is 59.9 Å². The molecule has 4 heteroatoms. The maximum absolute atomic E-state index is 13.0. The van der Waals surface area contributed by atoms with E-state index in [9.17, 15) is 9.50 Å². The molecule has 134 valence electrons. The van der Waals surface area contributed by atoms with Gasteiger partial charge in [-0.15, -0.1) is 0 Å². The Morgan fingerprint density at radius 2 is 1.68 bits per heavy atom. The largest absolute Gasteiger partial charge is 0.390 e. The molecule has 0 amide bonds. The zero-order valence-electron chi connectivity index (χ0n) is 15.1. The molecule has 1 aliphatic rings. The Morgan fingerprint density at radius 1 is 1.12 bits per heavy atom. The molecule has 1 aliphatic heterocycles. The van der Waals surface area contributed by atoms with Crippen molar-refractivity contribution >= 4 is 0 Å². The van der Waals surface area contributed by atoms with Gasteiger partial charge in [-0.3, -0.25) is 4.84 Å². The highest BCUT2D eigenvalue weighted by atomic mass is 19.1. The maximum Gasteiger partial charge on any atom is 0.123 e. The number of hydrogen-bond donors (Lipinski definition) is 1. The van der Waals surface area contributed by atoms with Crippen LogP contribution in [0.5, 0.6) is 0 Å². The van der Waals surface area contributed by atoms with E-state index in [1.54, 1.807) is 12.1 Å². The van der Waals surface area contributed by atoms with Gasteiger partial charge in [0.05, 0.1) is 17.7 Å². The molecule has 1 saturated heterocycles. The minimum atomic E-state index is -0.708. The van der Waals surface area contributed by atoms with Crippen LogP contribution >= 0.6 is 0 Å². The SMILES string of the molecule is CC(c1ccc(-c2ccc(F)cc2)cc1)N1CCC(CC(C)(C)O)O1. The predicted octanol–water partition coefficient (Wildman–Crippen LogP) is 4.72. The number of hydroxylamine groups is 2. The van der Waals surface area contributed by atoms with Crippen molar-refractivity contribution in [2.75, 3.05) is 6.54 Å². The number of nitrogens with zero attached hydrogens (tertiary/aromatic N) is 1. The molecule has 0 spiro atoms. The van der Waals surface area contributed by atoms with E-state index in [2.05, 4.69) is 31.2 Å². The minimum absolute atomic E-state index is 0.0703. The molecular formula is C21H26FNO2. The van der Waals surface area contributed by atoms with Crippen LogP contribution in [0.15, 0.2) is 48.5 Å². The highest BCUT2D eigenvalue weighted by Gasteiger charge is 2.31. The molecule has 0 radical (unpaired) electrons. The van der Waals surface area contributed by atoms with Crippen LogP contribution in [0.3, 0.4) is 0 Å². The molecule has 3 nitrogen and oxygen atoms in total. The van der Waals surface area contributed by atoms with Gasteiger partial charge in [0.1, 0.15) is 5.82 Å². The molecule has 2 unspecified atom stereocenters. The standard InChI is InChI=1S/C21H26FNO2/c1-15(23-13-12-20(25-23)14-21(2,3)24)16-4-6-17(7-5-16)18-8-10-19(22)11-9-18/h4-11,15,20,24H,12-14H2,1-3H3. The zero-order chi connectivity index (χ0) is 18.0. The van der Waals surface area contributed by atoms with E-state index in [0.29, 0.717) is 6.42 Å². The van der Waals surface area contributed by atoms with Crippen molar-refractivity contribution in [2.45, 2.75) is 51.4 Å². The summed E-state index contributed by atoms with van der Waals surface area (Å²) in [7, 11) is 0. The third-order valence-corrected chi connectivity index (χ3v) is 4.69. The quantitative estimate of drug-likeness (QED) is 0.852. The molecule has 2 atom stereocenters. The van der Waals surface area contributed by atoms with Gasteiger partial charge in [-0.25, -0.2) is 4.39 Å². The fraction of sp³-hybridized carbons (Fsp3) is 0.429. The first-order valence-corrected chi connectivity index (χ1v) is 8.83. The second kappa shape index (κ2) is 7.24. The molecule has 0 aliphatic carbocycles. The van der Waals surface area contributed by atoms with Crippen molar-refractivity contribution < 1.29 is 14.3 Å². The van der Waals surface area contributed by atoms with Crippen molar-refractivity contribution in [2.24, 2.45) is 0 Å². The van der Waals surface area contributed by atoms with Crippen molar-refractivity contribution in [3.63, 3.8) is 0 Å². The summed E-state index contributed by atoms with van der Waals surface area (Å²) in [5.74, 6) is -0.221. The summed E-state index contributed by atoms with van der Waals surface area (Å²) in [6, 6.07) is 15.0. The number of hydrogen-bond acceptors (Lipinski definition) is 3. The van der Waals surface area contributed by atoms with E-state index >= 15 is 0 Å². The Bertz CT molecular complexity index is 691. The van der Waals surface area contributed by atoms with Crippen molar-refractivity contribution in [1.29, 1.82) is 0 Å². The lowest BCUT2D eigenvalue weighted by Crippen LogP contribution is -2.28. The summed E-state index contributed by atoms with van der Waals surface area (Å²) in [5, 5.41) is 12.0. The van der Waals surface area contributed by atoms with Gasteiger partial charge in [-0.05, 0) is 56.0 Å². The van der Waals surface area contributed by atoms with Gasteiger partial charge in [0.2, 0.25) is 0 Å². The number of aliphatic hydroxyl groups is 1. The molecule has 3 rings (SSSR count). The number of rotatable bonds is 5. The highest BCUT2D eigenvalue weighted by molar-refractivity contribution is 5.63. The van der Waals surface area contributed by atoms with Crippen LogP contribution < -0.4 is 0 Å². The van der Waals surface area contributed by atoms with Crippen LogP contribution in [0.4, 0.5) is 4.39 Å². The van der Waals surface area contributed by atoms with Gasteiger partial charge in [-0.2, -0.15) is 5.06 Å². The van der Waals surface area contributed by atoms with Crippen LogP contribution in [0.1, 0.15) is 45.2 Å². The summed E-state index contributed by atoms with van der Waals surface area (Å²) >= 11 is 0. The highest BCUT2D eigenvalue weighted by Crippen LogP contribution is 2.31. The lowest BCUT2D eigenvalue weighted by atomic mass is 9.99. The third kappa shape index (κ3) is 4.66. The number of benzene rings is 2. The van der Waals surface area contributed by atoms with E-state index in [1.165, 1.54) is 17.7 Å². The zero-order valence-corrected chi connectivity index (χ0v) is 15.1. The Balaban J connectivity index is 1.65. The molecule has 2 aromatic rings. The monoisotopic (exact) mass is 343 g/mol. The summed E-state index contributed by atoms with van der Waals surface area (Å²) in [4.78, 5) is 6.01. The van der Waals surface area contributed by atoms with E-state index in [1.807, 2.05) is 18.9 Å². The Kier molecular flexibility index (Phi) is 5.23. The number of halogens is 1. The van der Waals surface area contributed by atoms with E-state index < -0.39 is 5.60 Å². The lowest BCUT2D eigenvalue weighted by molar-refractivity contribution is -0.180. The van der Waals surface area contributed by atoms with E-state index in [0.717, 1.165) is 24.1 Å². The fourth-order valence-electron chi connectivity index (χ4n) is 3.31. The molecule has 0 bridgehead atoms. The molecule has 0 aromatic heterocycles. The van der Waals surface area contributed by atoms with Crippen LogP contribution in [0, 0.1) is 5.82 Å². The van der Waals surface area contributed by atoms with E-state index in [-0.39, 0.29) is 18.0 Å². The molecule has 1 heterocycles. The van der Waals surface area contributed by atoms with Gasteiger partial charge in [-0.1, -0.05) is 36.4 Å². The van der Waals surface area contributed by atoms with Gasteiger partial charge < -0.3 is 5.11 Å². The first-order chi connectivity index (χ1) is 11.8. The summed E-state index contributed by atoms with van der Waals surface area (Å²) in [6.45, 7) is 6.62. The maximum atomic E-state index is 13.0. The minimum Gasteiger partial charge on any atom is -0.390 e. The lowest BCUT2D eigenvalue weighted by Gasteiger charge is -2.26. The van der Waals surface area contributed by atoms with Crippen LogP contribution in [0.25, 0.3) is 11.1 Å². The molecule has 2 aromatic carbocycles.